The van der Waals surface area contributed by atoms with Crippen LogP contribution in [0.25, 0.3) is 0 Å². The number of urea groups is 1. The van der Waals surface area contributed by atoms with Crippen molar-refractivity contribution >= 4 is 11.9 Å². The van der Waals surface area contributed by atoms with Crippen LogP contribution < -0.4 is 21.1 Å². The normalized spacial score (nSPS) is 22.1. The van der Waals surface area contributed by atoms with Gasteiger partial charge in [-0.1, -0.05) is 0 Å². The molecule has 1 saturated heterocycles. The van der Waals surface area contributed by atoms with Crippen LogP contribution in [0.15, 0.2) is 12.1 Å². The summed E-state index contributed by atoms with van der Waals surface area (Å²) >= 11 is 0. The molecule has 6 heteroatoms. The van der Waals surface area contributed by atoms with E-state index in [4.69, 9.17) is 10.5 Å². The predicted molar refractivity (Wildman–Crippen MR) is 69.9 cm³/mol. The molecular weight excluding hydrogens is 246 g/mol. The van der Waals surface area contributed by atoms with Crippen LogP contribution in [0.4, 0.5) is 4.79 Å². The van der Waals surface area contributed by atoms with Crippen molar-refractivity contribution in [3.8, 4) is 5.75 Å². The number of hydrogen-bond donors (Lipinski definition) is 3. The second-order valence-corrected chi connectivity index (χ2v) is 4.65. The molecule has 0 spiro atoms. The number of nitrogens with two attached hydrogens (primary N) is 1. The topological polar surface area (TPSA) is 93.4 Å². The van der Waals surface area contributed by atoms with Crippen molar-refractivity contribution in [1.82, 2.24) is 10.6 Å². The third-order valence-electron chi connectivity index (χ3n) is 3.52. The zero-order chi connectivity index (χ0) is 14.2. The number of benzene rings is 1. The lowest BCUT2D eigenvalue weighted by molar-refractivity contribution is -0.124. The summed E-state index contributed by atoms with van der Waals surface area (Å²) in [7, 11) is 1.52. The number of nitrogens with one attached hydrogen (secondary N) is 2. The number of methoxy groups -OCH3 is 1. The number of ether oxygens (including phenoxy) is 1. The molecule has 1 aromatic carbocycles. The Morgan fingerprint density at radius 1 is 1.26 bits per heavy atom. The summed E-state index contributed by atoms with van der Waals surface area (Å²) in [6.45, 7) is 3.84. The van der Waals surface area contributed by atoms with E-state index in [-0.39, 0.29) is 6.54 Å². The van der Waals surface area contributed by atoms with Crippen molar-refractivity contribution in [2.75, 3.05) is 13.7 Å². The maximum absolute atomic E-state index is 12.1. The zero-order valence-electron chi connectivity index (χ0n) is 11.2. The Morgan fingerprint density at radius 3 is 2.37 bits per heavy atom. The molecule has 0 bridgehead atoms. The molecule has 102 valence electrons. The number of rotatable bonds is 3. The van der Waals surface area contributed by atoms with Gasteiger partial charge in [-0.3, -0.25) is 10.1 Å². The van der Waals surface area contributed by atoms with E-state index in [9.17, 15) is 9.59 Å². The highest BCUT2D eigenvalue weighted by Gasteiger charge is 2.48. The van der Waals surface area contributed by atoms with Gasteiger partial charge in [0, 0.05) is 12.1 Å². The highest BCUT2D eigenvalue weighted by atomic mass is 16.5. The van der Waals surface area contributed by atoms with E-state index in [1.54, 1.807) is 0 Å². The highest BCUT2D eigenvalue weighted by molar-refractivity contribution is 6.08. The first-order valence-electron chi connectivity index (χ1n) is 5.94. The van der Waals surface area contributed by atoms with Gasteiger partial charge in [-0.05, 0) is 37.1 Å². The number of carbonyl (C=O) groups excluding carboxylic acids is 2. The second-order valence-electron chi connectivity index (χ2n) is 4.65. The predicted octanol–water partition coefficient (Wildman–Crippen LogP) is 0.305. The van der Waals surface area contributed by atoms with E-state index in [0.29, 0.717) is 11.3 Å². The fraction of sp³-hybridized carbons (Fsp3) is 0.385. The fourth-order valence-electron chi connectivity index (χ4n) is 2.23. The summed E-state index contributed by atoms with van der Waals surface area (Å²) in [6.07, 6.45) is 0. The Kier molecular flexibility index (Phi) is 3.20. The van der Waals surface area contributed by atoms with E-state index in [0.717, 1.165) is 11.1 Å². The summed E-state index contributed by atoms with van der Waals surface area (Å²) in [6, 6.07) is 3.11. The van der Waals surface area contributed by atoms with Crippen LogP contribution >= 0.6 is 0 Å². The fourth-order valence-corrected chi connectivity index (χ4v) is 2.23. The van der Waals surface area contributed by atoms with Gasteiger partial charge in [0.15, 0.2) is 5.54 Å². The number of imide groups is 1. The molecule has 1 aliphatic rings. The van der Waals surface area contributed by atoms with Crippen molar-refractivity contribution in [2.45, 2.75) is 19.4 Å². The second kappa shape index (κ2) is 4.55. The van der Waals surface area contributed by atoms with E-state index >= 15 is 0 Å². The Labute approximate surface area is 111 Å². The van der Waals surface area contributed by atoms with Crippen molar-refractivity contribution in [3.63, 3.8) is 0 Å². The lowest BCUT2D eigenvalue weighted by Crippen LogP contribution is -2.50. The third-order valence-corrected chi connectivity index (χ3v) is 3.52. The molecule has 4 N–H and O–H groups in total. The summed E-state index contributed by atoms with van der Waals surface area (Å²) in [5.41, 5.74) is 7.08. The lowest BCUT2D eigenvalue weighted by Gasteiger charge is -2.27. The van der Waals surface area contributed by atoms with Gasteiger partial charge in [0.1, 0.15) is 5.75 Å². The van der Waals surface area contributed by atoms with Crippen molar-refractivity contribution in [2.24, 2.45) is 5.73 Å². The van der Waals surface area contributed by atoms with Crippen LogP contribution in [0.1, 0.15) is 16.7 Å². The number of hydrogen-bond acceptors (Lipinski definition) is 4. The van der Waals surface area contributed by atoms with Gasteiger partial charge >= 0.3 is 6.03 Å². The van der Waals surface area contributed by atoms with Gasteiger partial charge < -0.3 is 15.8 Å². The van der Waals surface area contributed by atoms with Gasteiger partial charge in [-0.15, -0.1) is 0 Å². The van der Waals surface area contributed by atoms with Gasteiger partial charge in [0.2, 0.25) is 0 Å². The molecule has 1 fully saturated rings. The largest absolute Gasteiger partial charge is 0.496 e. The lowest BCUT2D eigenvalue weighted by atomic mass is 9.87. The maximum Gasteiger partial charge on any atom is 0.322 e. The van der Waals surface area contributed by atoms with Crippen LogP contribution in [0.2, 0.25) is 0 Å². The number of carbonyl (C=O) groups is 2. The van der Waals surface area contributed by atoms with E-state index < -0.39 is 17.5 Å². The average molecular weight is 263 g/mol. The van der Waals surface area contributed by atoms with Crippen LogP contribution in [-0.2, 0) is 10.3 Å². The SMILES string of the molecule is COc1cc(C)c(C)cc1C1(CN)NC(=O)NC1=O. The van der Waals surface area contributed by atoms with Crippen LogP contribution in [0.5, 0.6) is 5.75 Å². The average Bonchev–Trinajstić information content (AvgIpc) is 2.67. The van der Waals surface area contributed by atoms with Crippen molar-refractivity contribution < 1.29 is 14.3 Å². The first-order chi connectivity index (χ1) is 8.94. The molecular formula is C13H17N3O3. The molecule has 1 aliphatic heterocycles. The quantitative estimate of drug-likeness (QED) is 0.684. The Morgan fingerprint density at radius 2 is 1.89 bits per heavy atom. The van der Waals surface area contributed by atoms with Crippen molar-refractivity contribution in [1.29, 1.82) is 0 Å². The van der Waals surface area contributed by atoms with E-state index in [1.807, 2.05) is 26.0 Å². The zero-order valence-corrected chi connectivity index (χ0v) is 11.2. The summed E-state index contributed by atoms with van der Waals surface area (Å²) in [5, 5.41) is 4.82. The molecule has 0 aromatic heterocycles. The minimum absolute atomic E-state index is 0.0383. The molecule has 0 saturated carbocycles. The van der Waals surface area contributed by atoms with E-state index in [1.165, 1.54) is 7.11 Å². The molecule has 1 heterocycles. The summed E-state index contributed by atoms with van der Waals surface area (Å²) in [5.74, 6) is 0.0763. The highest BCUT2D eigenvalue weighted by Crippen LogP contribution is 2.34. The smallest absolute Gasteiger partial charge is 0.322 e. The first kappa shape index (κ1) is 13.4. The minimum atomic E-state index is -1.26. The molecule has 19 heavy (non-hydrogen) atoms. The van der Waals surface area contributed by atoms with Crippen LogP contribution in [0, 0.1) is 13.8 Å². The maximum atomic E-state index is 12.1. The van der Waals surface area contributed by atoms with Gasteiger partial charge in [0.25, 0.3) is 5.91 Å². The molecule has 1 atom stereocenters. The number of aryl methyl sites for hydroxylation is 2. The van der Waals surface area contributed by atoms with Gasteiger partial charge in [-0.2, -0.15) is 0 Å². The Bertz CT molecular complexity index is 556. The standard InChI is InChI=1S/C13H17N3O3/c1-7-4-9(10(19-3)5-8(7)2)13(6-14)11(17)15-12(18)16-13/h4-5H,6,14H2,1-3H3,(H2,15,16,17,18). The number of amides is 3. The summed E-state index contributed by atoms with van der Waals surface area (Å²) < 4.78 is 5.32. The van der Waals surface area contributed by atoms with Crippen LogP contribution in [-0.4, -0.2) is 25.6 Å². The van der Waals surface area contributed by atoms with Crippen LogP contribution in [0.3, 0.4) is 0 Å². The molecule has 1 aromatic rings. The molecule has 1 unspecified atom stereocenters. The molecule has 6 nitrogen and oxygen atoms in total. The Balaban J connectivity index is 2.65. The van der Waals surface area contributed by atoms with Gasteiger partial charge in [-0.25, -0.2) is 4.79 Å². The molecule has 2 rings (SSSR count). The summed E-state index contributed by atoms with van der Waals surface area (Å²) in [4.78, 5) is 23.5. The minimum Gasteiger partial charge on any atom is -0.496 e. The molecule has 0 radical (unpaired) electrons. The molecule has 3 amide bonds. The van der Waals surface area contributed by atoms with Crippen molar-refractivity contribution in [3.05, 3.63) is 28.8 Å². The monoisotopic (exact) mass is 263 g/mol. The third kappa shape index (κ3) is 1.94. The molecule has 0 aliphatic carbocycles. The Hall–Kier alpha value is -2.08. The van der Waals surface area contributed by atoms with E-state index in [2.05, 4.69) is 10.6 Å². The van der Waals surface area contributed by atoms with Gasteiger partial charge in [0.05, 0.1) is 7.11 Å². The first-order valence-corrected chi connectivity index (χ1v) is 5.94.